The second-order valence-electron chi connectivity index (χ2n) is 6.31. The Labute approximate surface area is 154 Å². The van der Waals surface area contributed by atoms with Crippen molar-refractivity contribution in [2.24, 2.45) is 7.05 Å². The summed E-state index contributed by atoms with van der Waals surface area (Å²) < 4.78 is 1.97. The zero-order valence-corrected chi connectivity index (χ0v) is 14.5. The van der Waals surface area contributed by atoms with Crippen molar-refractivity contribution in [2.45, 2.75) is 0 Å². The van der Waals surface area contributed by atoms with Crippen molar-refractivity contribution in [3.63, 3.8) is 0 Å². The van der Waals surface area contributed by atoms with E-state index >= 15 is 0 Å². The number of benzene rings is 2. The van der Waals surface area contributed by atoms with Crippen LogP contribution in [0.25, 0.3) is 33.1 Å². The first-order valence-corrected chi connectivity index (χ1v) is 8.42. The Morgan fingerprint density at radius 1 is 1.07 bits per heavy atom. The van der Waals surface area contributed by atoms with Crippen molar-refractivity contribution in [3.05, 3.63) is 55.1 Å². The van der Waals surface area contributed by atoms with Gasteiger partial charge in [0, 0.05) is 29.9 Å². The number of nitrogen functional groups attached to an aromatic ring is 1. The minimum absolute atomic E-state index is 0.403. The lowest BCUT2D eigenvalue weighted by molar-refractivity contribution is 0.948. The molecule has 4 N–H and O–H groups in total. The van der Waals surface area contributed by atoms with E-state index in [0.717, 1.165) is 38.8 Å². The third kappa shape index (κ3) is 2.54. The molecule has 0 bridgehead atoms. The van der Waals surface area contributed by atoms with Gasteiger partial charge in [0.1, 0.15) is 5.82 Å². The van der Waals surface area contributed by atoms with Crippen molar-refractivity contribution in [2.75, 3.05) is 11.1 Å². The second kappa shape index (κ2) is 5.80. The fourth-order valence-corrected chi connectivity index (χ4v) is 3.21. The van der Waals surface area contributed by atoms with E-state index in [4.69, 9.17) is 5.73 Å². The van der Waals surface area contributed by atoms with Crippen LogP contribution in [0.4, 0.5) is 17.5 Å². The average molecular weight is 356 g/mol. The number of imidazole rings is 1. The van der Waals surface area contributed by atoms with Crippen LogP contribution in [0.5, 0.6) is 0 Å². The van der Waals surface area contributed by atoms with Gasteiger partial charge in [0.15, 0.2) is 0 Å². The number of anilines is 3. The standard InChI is InChI=1S/C19H16N8/c1-27-10-22-16-7-11(5-6-17(16)27)24-19-21-8-14(18(20)25-19)12-3-2-4-15-13(12)9-23-26-15/h2-10H,1H3,(H,23,26)(H3,20,21,24,25). The van der Waals surface area contributed by atoms with Crippen LogP contribution in [0.15, 0.2) is 55.1 Å². The number of hydrogen-bond acceptors (Lipinski definition) is 6. The summed E-state index contributed by atoms with van der Waals surface area (Å²) in [4.78, 5) is 13.2. The Bertz CT molecular complexity index is 1280. The van der Waals surface area contributed by atoms with Gasteiger partial charge < -0.3 is 15.6 Å². The number of aryl methyl sites for hydroxylation is 1. The highest BCUT2D eigenvalue weighted by molar-refractivity contribution is 5.96. The van der Waals surface area contributed by atoms with Gasteiger partial charge in [0.25, 0.3) is 0 Å². The molecule has 8 heteroatoms. The Morgan fingerprint density at radius 3 is 2.89 bits per heavy atom. The molecule has 0 aliphatic rings. The molecule has 5 rings (SSSR count). The summed E-state index contributed by atoms with van der Waals surface area (Å²) >= 11 is 0. The van der Waals surface area contributed by atoms with Crippen LogP contribution < -0.4 is 11.1 Å². The molecule has 0 aliphatic heterocycles. The van der Waals surface area contributed by atoms with Crippen molar-refractivity contribution in [3.8, 4) is 11.1 Å². The van der Waals surface area contributed by atoms with Crippen LogP contribution in [0.1, 0.15) is 0 Å². The Morgan fingerprint density at radius 2 is 2.00 bits per heavy atom. The molecular weight excluding hydrogens is 340 g/mol. The lowest BCUT2D eigenvalue weighted by Crippen LogP contribution is -2.02. The zero-order chi connectivity index (χ0) is 18.4. The summed E-state index contributed by atoms with van der Waals surface area (Å²) in [6, 6.07) is 11.8. The van der Waals surface area contributed by atoms with Gasteiger partial charge >= 0.3 is 0 Å². The molecule has 8 nitrogen and oxygen atoms in total. The van der Waals surface area contributed by atoms with Gasteiger partial charge in [-0.25, -0.2) is 9.97 Å². The van der Waals surface area contributed by atoms with Crippen molar-refractivity contribution in [1.29, 1.82) is 0 Å². The summed E-state index contributed by atoms with van der Waals surface area (Å²) in [5, 5.41) is 11.2. The van der Waals surface area contributed by atoms with Crippen LogP contribution in [0.3, 0.4) is 0 Å². The molecule has 0 saturated carbocycles. The molecule has 2 aromatic carbocycles. The highest BCUT2D eigenvalue weighted by Gasteiger charge is 2.11. The van der Waals surface area contributed by atoms with E-state index in [1.54, 1.807) is 18.7 Å². The monoisotopic (exact) mass is 356 g/mol. The maximum absolute atomic E-state index is 6.22. The average Bonchev–Trinajstić information content (AvgIpc) is 3.29. The highest BCUT2D eigenvalue weighted by Crippen LogP contribution is 2.31. The van der Waals surface area contributed by atoms with E-state index in [2.05, 4.69) is 30.5 Å². The number of nitrogens with one attached hydrogen (secondary N) is 2. The Hall–Kier alpha value is -3.94. The van der Waals surface area contributed by atoms with E-state index in [1.165, 1.54) is 0 Å². The van der Waals surface area contributed by atoms with Crippen LogP contribution in [0, 0.1) is 0 Å². The Kier molecular flexibility index (Phi) is 3.29. The molecule has 0 fully saturated rings. The molecule has 0 saturated heterocycles. The molecule has 0 spiro atoms. The molecule has 132 valence electrons. The number of fused-ring (bicyclic) bond motifs is 2. The fourth-order valence-electron chi connectivity index (χ4n) is 3.21. The molecular formula is C19H16N8. The van der Waals surface area contributed by atoms with Crippen LogP contribution in [-0.4, -0.2) is 29.7 Å². The van der Waals surface area contributed by atoms with E-state index in [1.807, 2.05) is 48.0 Å². The minimum Gasteiger partial charge on any atom is -0.383 e. The maximum Gasteiger partial charge on any atom is 0.229 e. The summed E-state index contributed by atoms with van der Waals surface area (Å²) in [5.41, 5.74) is 11.7. The number of aromatic amines is 1. The highest BCUT2D eigenvalue weighted by atomic mass is 15.1. The topological polar surface area (TPSA) is 110 Å². The van der Waals surface area contributed by atoms with Crippen molar-refractivity contribution < 1.29 is 0 Å². The summed E-state index contributed by atoms with van der Waals surface area (Å²) in [5.74, 6) is 0.839. The van der Waals surface area contributed by atoms with Gasteiger partial charge in [-0.3, -0.25) is 5.10 Å². The molecule has 0 amide bonds. The number of H-pyrrole nitrogens is 1. The van der Waals surface area contributed by atoms with Crippen LogP contribution >= 0.6 is 0 Å². The van der Waals surface area contributed by atoms with Crippen LogP contribution in [-0.2, 0) is 7.05 Å². The minimum atomic E-state index is 0.403. The zero-order valence-electron chi connectivity index (χ0n) is 14.5. The van der Waals surface area contributed by atoms with Gasteiger partial charge in [0.2, 0.25) is 5.95 Å². The first-order valence-electron chi connectivity index (χ1n) is 8.42. The van der Waals surface area contributed by atoms with Gasteiger partial charge in [-0.15, -0.1) is 0 Å². The first kappa shape index (κ1) is 15.3. The molecule has 0 radical (unpaired) electrons. The molecule has 5 aromatic rings. The van der Waals surface area contributed by atoms with E-state index in [9.17, 15) is 0 Å². The molecule has 0 aliphatic carbocycles. The molecule has 27 heavy (non-hydrogen) atoms. The lowest BCUT2D eigenvalue weighted by atomic mass is 10.0. The van der Waals surface area contributed by atoms with E-state index in [-0.39, 0.29) is 0 Å². The molecule has 0 unspecified atom stereocenters. The Balaban J connectivity index is 1.49. The largest absolute Gasteiger partial charge is 0.383 e. The SMILES string of the molecule is Cn1cnc2cc(Nc3ncc(-c4cccc5[nH]ncc45)c(N)n3)ccc21. The second-order valence-corrected chi connectivity index (χ2v) is 6.31. The predicted octanol–water partition coefficient (Wildman–Crippen LogP) is 3.23. The van der Waals surface area contributed by atoms with Crippen molar-refractivity contribution in [1.82, 2.24) is 29.7 Å². The van der Waals surface area contributed by atoms with E-state index in [0.29, 0.717) is 11.8 Å². The summed E-state index contributed by atoms with van der Waals surface area (Å²) in [6.45, 7) is 0. The normalized spacial score (nSPS) is 11.3. The fraction of sp³-hybridized carbons (Fsp3) is 0.0526. The van der Waals surface area contributed by atoms with Gasteiger partial charge in [0.05, 0.1) is 29.1 Å². The van der Waals surface area contributed by atoms with Gasteiger partial charge in [-0.2, -0.15) is 10.1 Å². The number of rotatable bonds is 3. The quantitative estimate of drug-likeness (QED) is 0.458. The third-order valence-electron chi connectivity index (χ3n) is 4.57. The third-order valence-corrected chi connectivity index (χ3v) is 4.57. The molecule has 3 aromatic heterocycles. The smallest absolute Gasteiger partial charge is 0.229 e. The van der Waals surface area contributed by atoms with E-state index < -0.39 is 0 Å². The first-order chi connectivity index (χ1) is 13.2. The number of hydrogen-bond donors (Lipinski definition) is 3. The predicted molar refractivity (Wildman–Crippen MR) is 106 cm³/mol. The number of nitrogens with two attached hydrogens (primary N) is 1. The summed E-state index contributed by atoms with van der Waals surface area (Å²) in [6.07, 6.45) is 5.29. The van der Waals surface area contributed by atoms with Crippen molar-refractivity contribution >= 4 is 39.4 Å². The van der Waals surface area contributed by atoms with Crippen LogP contribution in [0.2, 0.25) is 0 Å². The number of aromatic nitrogens is 6. The molecule has 0 atom stereocenters. The number of nitrogens with zero attached hydrogens (tertiary/aromatic N) is 5. The lowest BCUT2D eigenvalue weighted by Gasteiger charge is -2.09. The molecule has 3 heterocycles. The maximum atomic E-state index is 6.22. The van der Waals surface area contributed by atoms with Gasteiger partial charge in [-0.1, -0.05) is 12.1 Å². The van der Waals surface area contributed by atoms with Gasteiger partial charge in [-0.05, 0) is 29.8 Å². The summed E-state index contributed by atoms with van der Waals surface area (Å²) in [7, 11) is 1.96.